The molecule has 2 aliphatic rings. The minimum Gasteiger partial charge on any atom is -0.382 e. The van der Waals surface area contributed by atoms with Gasteiger partial charge in [0.15, 0.2) is 0 Å². The van der Waals surface area contributed by atoms with Crippen molar-refractivity contribution >= 4 is 52.8 Å². The summed E-state index contributed by atoms with van der Waals surface area (Å²) in [6.45, 7) is 2.50. The molecule has 4 N–H and O–H groups in total. The molecule has 0 radical (unpaired) electrons. The number of hydrogen-bond acceptors (Lipinski definition) is 6. The van der Waals surface area contributed by atoms with Crippen molar-refractivity contribution in [2.45, 2.75) is 43.6 Å². The second-order valence-electron chi connectivity index (χ2n) is 11.5. The lowest BCUT2D eigenvalue weighted by atomic mass is 9.69. The quantitative estimate of drug-likeness (QED) is 0.129. The first-order valence-corrected chi connectivity index (χ1v) is 16.4. The number of nitrogens with one attached hydrogen (secondary N) is 4. The van der Waals surface area contributed by atoms with Gasteiger partial charge in [0, 0.05) is 53.6 Å². The third-order valence-corrected chi connectivity index (χ3v) is 9.04. The van der Waals surface area contributed by atoms with Crippen LogP contribution in [-0.4, -0.2) is 63.8 Å². The monoisotopic (exact) mass is 686 g/mol. The van der Waals surface area contributed by atoms with Crippen LogP contribution in [0.4, 0.5) is 15.8 Å². The third kappa shape index (κ3) is 9.98. The molecule has 0 aromatic heterocycles. The summed E-state index contributed by atoms with van der Waals surface area (Å²) in [6.07, 6.45) is 5.73. The first-order valence-electron chi connectivity index (χ1n) is 15.7. The Bertz CT molecular complexity index is 1490. The Hall–Kier alpha value is -3.54. The van der Waals surface area contributed by atoms with E-state index in [0.29, 0.717) is 66.8 Å². The van der Waals surface area contributed by atoms with Gasteiger partial charge in [-0.25, -0.2) is 4.39 Å². The minimum absolute atomic E-state index is 0.0936. The van der Waals surface area contributed by atoms with Crippen LogP contribution < -0.4 is 21.3 Å². The van der Waals surface area contributed by atoms with Crippen molar-refractivity contribution in [2.24, 2.45) is 5.92 Å². The normalized spacial score (nSPS) is 18.1. The van der Waals surface area contributed by atoms with E-state index in [1.165, 1.54) is 6.42 Å². The van der Waals surface area contributed by atoms with Crippen LogP contribution in [0, 0.1) is 11.7 Å². The van der Waals surface area contributed by atoms with Gasteiger partial charge in [-0.05, 0) is 66.9 Å². The van der Waals surface area contributed by atoms with Gasteiger partial charge in [-0.2, -0.15) is 0 Å². The molecule has 1 spiro atoms. The van der Waals surface area contributed by atoms with Gasteiger partial charge in [0.05, 0.1) is 30.8 Å². The molecule has 0 bridgehead atoms. The molecule has 3 amide bonds. The number of methoxy groups -OCH3 is 1. The number of hydrogen-bond donors (Lipinski definition) is 4. The molecular weight excluding hydrogens is 646 g/mol. The SMILES string of the molecule is COCCOCCNC(=O)c1ccc(NC=O)cc1.O=C(Nc1cccc(Cl)c1)C1C(c2cccc(Cl)c2F)CNC12CCCCC2. The van der Waals surface area contributed by atoms with Crippen LogP contribution in [0.1, 0.15) is 53.9 Å². The molecule has 2 fully saturated rings. The summed E-state index contributed by atoms with van der Waals surface area (Å²) in [5.74, 6) is -1.34. The fourth-order valence-electron chi connectivity index (χ4n) is 6.28. The maximum absolute atomic E-state index is 14.8. The Labute approximate surface area is 284 Å². The molecule has 5 rings (SSSR count). The Balaban J connectivity index is 0.000000231. The molecule has 1 saturated heterocycles. The minimum atomic E-state index is -0.426. The molecule has 1 heterocycles. The van der Waals surface area contributed by atoms with Gasteiger partial charge in [0.25, 0.3) is 5.91 Å². The molecule has 2 unspecified atom stereocenters. The highest BCUT2D eigenvalue weighted by atomic mass is 35.5. The van der Waals surface area contributed by atoms with Crippen molar-refractivity contribution in [3.8, 4) is 0 Å². The number of ether oxygens (including phenoxy) is 2. The van der Waals surface area contributed by atoms with Crippen LogP contribution in [0.15, 0.2) is 66.7 Å². The summed E-state index contributed by atoms with van der Waals surface area (Å²) in [5.41, 5.74) is 2.04. The number of amides is 3. The molecule has 1 aliphatic heterocycles. The standard InChI is InChI=1S/C22H23Cl2FN2O.C13H18N2O4/c23-14-6-4-7-15(12-14)27-21(28)19-17(16-8-5-9-18(24)20(16)25)13-26-22(19)10-2-1-3-11-22;1-18-8-9-19-7-6-14-13(17)11-2-4-12(5-3-11)15-10-16/h4-9,12,17,19,26H,1-3,10-11,13H2,(H,27,28);2-5,10H,6-9H2,1H3,(H,14,17)(H,15,16). The van der Waals surface area contributed by atoms with Crippen LogP contribution in [0.3, 0.4) is 0 Å². The van der Waals surface area contributed by atoms with E-state index in [2.05, 4.69) is 21.3 Å². The number of anilines is 2. The predicted octanol–water partition coefficient (Wildman–Crippen LogP) is 6.42. The summed E-state index contributed by atoms with van der Waals surface area (Å²) < 4.78 is 24.9. The first kappa shape index (κ1) is 36.3. The van der Waals surface area contributed by atoms with E-state index in [0.717, 1.165) is 25.7 Å². The van der Waals surface area contributed by atoms with E-state index in [1.54, 1.807) is 67.8 Å². The maximum atomic E-state index is 14.8. The molecule has 1 aliphatic carbocycles. The van der Waals surface area contributed by atoms with Crippen LogP contribution >= 0.6 is 23.2 Å². The predicted molar refractivity (Wildman–Crippen MR) is 183 cm³/mol. The summed E-state index contributed by atoms with van der Waals surface area (Å²) in [5, 5.41) is 12.5. The molecular formula is C35H41Cl2FN4O5. The van der Waals surface area contributed by atoms with Crippen LogP contribution in [0.25, 0.3) is 0 Å². The number of carbonyl (C=O) groups is 3. The van der Waals surface area contributed by atoms with Gasteiger partial charge in [-0.1, -0.05) is 60.7 Å². The Morgan fingerprint density at radius 1 is 0.979 bits per heavy atom. The average molecular weight is 688 g/mol. The highest BCUT2D eigenvalue weighted by molar-refractivity contribution is 6.31. The molecule has 2 atom stereocenters. The van der Waals surface area contributed by atoms with E-state index in [1.807, 2.05) is 6.07 Å². The largest absolute Gasteiger partial charge is 0.382 e. The van der Waals surface area contributed by atoms with E-state index in [4.69, 9.17) is 32.7 Å². The molecule has 3 aromatic rings. The second-order valence-corrected chi connectivity index (χ2v) is 12.4. The molecule has 3 aromatic carbocycles. The molecule has 252 valence electrons. The zero-order valence-electron chi connectivity index (χ0n) is 26.3. The zero-order chi connectivity index (χ0) is 33.6. The van der Waals surface area contributed by atoms with E-state index >= 15 is 0 Å². The van der Waals surface area contributed by atoms with Gasteiger partial charge in [-0.3, -0.25) is 14.4 Å². The Morgan fingerprint density at radius 2 is 1.72 bits per heavy atom. The molecule has 9 nitrogen and oxygen atoms in total. The first-order chi connectivity index (χ1) is 22.8. The van der Waals surface area contributed by atoms with Crippen LogP contribution in [-0.2, 0) is 19.1 Å². The highest BCUT2D eigenvalue weighted by Crippen LogP contribution is 2.47. The number of carbonyl (C=O) groups excluding carboxylic acids is 3. The van der Waals surface area contributed by atoms with Crippen molar-refractivity contribution in [3.05, 3.63) is 93.7 Å². The van der Waals surface area contributed by atoms with Crippen molar-refractivity contribution < 1.29 is 28.2 Å². The third-order valence-electron chi connectivity index (χ3n) is 8.51. The van der Waals surface area contributed by atoms with E-state index < -0.39 is 5.82 Å². The van der Waals surface area contributed by atoms with E-state index in [-0.39, 0.29) is 34.2 Å². The lowest BCUT2D eigenvalue weighted by Gasteiger charge is -2.39. The zero-order valence-corrected chi connectivity index (χ0v) is 27.8. The van der Waals surface area contributed by atoms with Crippen molar-refractivity contribution in [1.82, 2.24) is 10.6 Å². The molecule has 47 heavy (non-hydrogen) atoms. The van der Waals surface area contributed by atoms with Gasteiger partial charge < -0.3 is 30.7 Å². The highest BCUT2D eigenvalue weighted by Gasteiger charge is 2.53. The fraction of sp³-hybridized carbons (Fsp3) is 0.400. The lowest BCUT2D eigenvalue weighted by Crippen LogP contribution is -2.50. The second kappa shape index (κ2) is 18.1. The molecule has 12 heteroatoms. The van der Waals surface area contributed by atoms with Crippen LogP contribution in [0.2, 0.25) is 10.0 Å². The Kier molecular flexibility index (Phi) is 14.0. The number of rotatable bonds is 12. The topological polar surface area (TPSA) is 118 Å². The van der Waals surface area contributed by atoms with Crippen molar-refractivity contribution in [3.63, 3.8) is 0 Å². The van der Waals surface area contributed by atoms with E-state index in [9.17, 15) is 18.8 Å². The van der Waals surface area contributed by atoms with Crippen molar-refractivity contribution in [2.75, 3.05) is 50.7 Å². The van der Waals surface area contributed by atoms with Gasteiger partial charge in [-0.15, -0.1) is 0 Å². The molecule has 1 saturated carbocycles. The number of halogens is 3. The Morgan fingerprint density at radius 3 is 2.43 bits per heavy atom. The fourth-order valence-corrected chi connectivity index (χ4v) is 6.65. The average Bonchev–Trinajstić information content (AvgIpc) is 3.42. The smallest absolute Gasteiger partial charge is 0.251 e. The summed E-state index contributed by atoms with van der Waals surface area (Å²) in [7, 11) is 1.61. The van der Waals surface area contributed by atoms with Gasteiger partial charge in [0.2, 0.25) is 12.3 Å². The maximum Gasteiger partial charge on any atom is 0.251 e. The summed E-state index contributed by atoms with van der Waals surface area (Å²) in [6, 6.07) is 18.8. The number of benzene rings is 3. The van der Waals surface area contributed by atoms with Crippen molar-refractivity contribution in [1.29, 1.82) is 0 Å². The van der Waals surface area contributed by atoms with Gasteiger partial charge in [0.1, 0.15) is 5.82 Å². The lowest BCUT2D eigenvalue weighted by molar-refractivity contribution is -0.122. The summed E-state index contributed by atoms with van der Waals surface area (Å²) in [4.78, 5) is 35.4. The van der Waals surface area contributed by atoms with Crippen LogP contribution in [0.5, 0.6) is 0 Å². The van der Waals surface area contributed by atoms with Gasteiger partial charge >= 0.3 is 0 Å². The summed E-state index contributed by atoms with van der Waals surface area (Å²) >= 11 is 12.1.